The van der Waals surface area contributed by atoms with Crippen molar-refractivity contribution in [2.24, 2.45) is 0 Å². The molecule has 18 heavy (non-hydrogen) atoms. The molecule has 0 radical (unpaired) electrons. The van der Waals surface area contributed by atoms with E-state index in [1.807, 2.05) is 13.8 Å². The van der Waals surface area contributed by atoms with Gasteiger partial charge in [0.05, 0.1) is 0 Å². The Morgan fingerprint density at radius 1 is 0.778 bits per heavy atom. The molecule has 0 fully saturated rings. The van der Waals surface area contributed by atoms with E-state index in [2.05, 4.69) is 19.1 Å². The highest BCUT2D eigenvalue weighted by Gasteiger charge is 2.06. The summed E-state index contributed by atoms with van der Waals surface area (Å²) in [6, 6.07) is 0. The van der Waals surface area contributed by atoms with Crippen molar-refractivity contribution >= 4 is 0 Å². The second-order valence-electron chi connectivity index (χ2n) is 4.59. The highest BCUT2D eigenvalue weighted by molar-refractivity contribution is 4.81. The molecule has 0 spiro atoms. The lowest BCUT2D eigenvalue weighted by Crippen LogP contribution is -2.17. The van der Waals surface area contributed by atoms with Gasteiger partial charge in [-0.05, 0) is 52.4 Å². The Hall–Kier alpha value is -0.340. The van der Waals surface area contributed by atoms with Crippen molar-refractivity contribution in [2.75, 3.05) is 13.2 Å². The molecule has 0 aliphatic rings. The molecule has 0 amide bonds. The molecule has 0 N–H and O–H groups in total. The minimum absolute atomic E-state index is 0.00790. The SMILES string of the molecule is CCCCC/C=C/CCCCC(OCC)OCC. The summed E-state index contributed by atoms with van der Waals surface area (Å²) < 4.78 is 11.0. The molecule has 0 saturated carbocycles. The zero-order chi connectivity index (χ0) is 13.5. The van der Waals surface area contributed by atoms with E-state index in [-0.39, 0.29) is 6.29 Å². The Morgan fingerprint density at radius 3 is 1.83 bits per heavy atom. The molecule has 2 nitrogen and oxygen atoms in total. The minimum Gasteiger partial charge on any atom is -0.353 e. The van der Waals surface area contributed by atoms with Crippen LogP contribution in [0.5, 0.6) is 0 Å². The van der Waals surface area contributed by atoms with Crippen molar-refractivity contribution in [3.63, 3.8) is 0 Å². The minimum atomic E-state index is 0.00790. The average Bonchev–Trinajstić information content (AvgIpc) is 2.37. The fraction of sp³-hybridized carbons (Fsp3) is 0.875. The number of hydrogen-bond acceptors (Lipinski definition) is 2. The Bertz CT molecular complexity index is 172. The van der Waals surface area contributed by atoms with Crippen molar-refractivity contribution in [1.29, 1.82) is 0 Å². The van der Waals surface area contributed by atoms with E-state index in [4.69, 9.17) is 9.47 Å². The Labute approximate surface area is 114 Å². The van der Waals surface area contributed by atoms with Gasteiger partial charge in [-0.1, -0.05) is 31.9 Å². The van der Waals surface area contributed by atoms with Crippen LogP contribution in [0.4, 0.5) is 0 Å². The van der Waals surface area contributed by atoms with Crippen LogP contribution in [0.2, 0.25) is 0 Å². The first-order valence-corrected chi connectivity index (χ1v) is 7.73. The third-order valence-electron chi connectivity index (χ3n) is 2.91. The Balaban J connectivity index is 3.36. The Morgan fingerprint density at radius 2 is 1.33 bits per heavy atom. The van der Waals surface area contributed by atoms with Crippen LogP contribution in [-0.4, -0.2) is 19.5 Å². The van der Waals surface area contributed by atoms with Gasteiger partial charge in [0.25, 0.3) is 0 Å². The van der Waals surface area contributed by atoms with Crippen LogP contribution < -0.4 is 0 Å². The van der Waals surface area contributed by atoms with Crippen LogP contribution in [-0.2, 0) is 9.47 Å². The van der Waals surface area contributed by atoms with E-state index < -0.39 is 0 Å². The van der Waals surface area contributed by atoms with Gasteiger partial charge < -0.3 is 9.47 Å². The number of hydrogen-bond donors (Lipinski definition) is 0. The summed E-state index contributed by atoms with van der Waals surface area (Å²) in [5, 5.41) is 0. The number of rotatable bonds is 13. The molecule has 0 aromatic rings. The lowest BCUT2D eigenvalue weighted by molar-refractivity contribution is -0.140. The van der Waals surface area contributed by atoms with E-state index in [1.165, 1.54) is 44.9 Å². The average molecular weight is 256 g/mol. The maximum absolute atomic E-state index is 5.51. The first kappa shape index (κ1) is 17.7. The smallest absolute Gasteiger partial charge is 0.157 e. The van der Waals surface area contributed by atoms with E-state index in [9.17, 15) is 0 Å². The lowest BCUT2D eigenvalue weighted by Gasteiger charge is -2.16. The molecule has 2 heteroatoms. The van der Waals surface area contributed by atoms with Crippen LogP contribution in [0, 0.1) is 0 Å². The topological polar surface area (TPSA) is 18.5 Å². The predicted octanol–water partition coefficient (Wildman–Crippen LogP) is 5.08. The van der Waals surface area contributed by atoms with Gasteiger partial charge in [0, 0.05) is 13.2 Å². The number of ether oxygens (including phenoxy) is 2. The van der Waals surface area contributed by atoms with Crippen LogP contribution in [0.1, 0.15) is 72.1 Å². The van der Waals surface area contributed by atoms with Gasteiger partial charge in [-0.15, -0.1) is 0 Å². The molecular formula is C16H32O2. The summed E-state index contributed by atoms with van der Waals surface area (Å²) in [4.78, 5) is 0. The first-order valence-electron chi connectivity index (χ1n) is 7.73. The quantitative estimate of drug-likeness (QED) is 0.260. The molecule has 0 unspecified atom stereocenters. The molecule has 0 aromatic heterocycles. The van der Waals surface area contributed by atoms with Gasteiger partial charge in [0.2, 0.25) is 0 Å². The second kappa shape index (κ2) is 14.7. The van der Waals surface area contributed by atoms with Crippen LogP contribution in [0.15, 0.2) is 12.2 Å². The molecule has 0 heterocycles. The van der Waals surface area contributed by atoms with E-state index in [0.29, 0.717) is 0 Å². The summed E-state index contributed by atoms with van der Waals surface area (Å²) in [5.74, 6) is 0. The van der Waals surface area contributed by atoms with Crippen LogP contribution in [0.25, 0.3) is 0 Å². The highest BCUT2D eigenvalue weighted by atomic mass is 16.7. The predicted molar refractivity (Wildman–Crippen MR) is 78.8 cm³/mol. The van der Waals surface area contributed by atoms with Crippen molar-refractivity contribution in [2.45, 2.75) is 78.4 Å². The van der Waals surface area contributed by atoms with E-state index >= 15 is 0 Å². The standard InChI is InChI=1S/C16H32O2/c1-4-7-8-9-10-11-12-13-14-15-16(17-5-2)18-6-3/h10-11,16H,4-9,12-15H2,1-3H3/b11-10+. The van der Waals surface area contributed by atoms with Crippen LogP contribution in [0.3, 0.4) is 0 Å². The molecule has 0 bridgehead atoms. The molecule has 0 aliphatic heterocycles. The molecule has 0 saturated heterocycles. The normalized spacial score (nSPS) is 11.8. The summed E-state index contributed by atoms with van der Waals surface area (Å²) >= 11 is 0. The van der Waals surface area contributed by atoms with Gasteiger partial charge in [0.15, 0.2) is 6.29 Å². The van der Waals surface area contributed by atoms with Gasteiger partial charge in [-0.25, -0.2) is 0 Å². The first-order chi connectivity index (χ1) is 8.85. The monoisotopic (exact) mass is 256 g/mol. The zero-order valence-electron chi connectivity index (χ0n) is 12.6. The van der Waals surface area contributed by atoms with Crippen molar-refractivity contribution in [3.8, 4) is 0 Å². The molecule has 0 aliphatic carbocycles. The summed E-state index contributed by atoms with van der Waals surface area (Å²) in [6.45, 7) is 7.76. The summed E-state index contributed by atoms with van der Waals surface area (Å²) in [5.41, 5.74) is 0. The zero-order valence-corrected chi connectivity index (χ0v) is 12.6. The second-order valence-corrected chi connectivity index (χ2v) is 4.59. The molecule has 0 rings (SSSR count). The lowest BCUT2D eigenvalue weighted by atomic mass is 10.1. The van der Waals surface area contributed by atoms with Gasteiger partial charge in [-0.2, -0.15) is 0 Å². The largest absolute Gasteiger partial charge is 0.353 e. The third kappa shape index (κ3) is 12.1. The number of allylic oxidation sites excluding steroid dienone is 2. The van der Waals surface area contributed by atoms with Gasteiger partial charge >= 0.3 is 0 Å². The fourth-order valence-corrected chi connectivity index (χ4v) is 1.91. The summed E-state index contributed by atoms with van der Waals surface area (Å²) in [6.07, 6.45) is 14.5. The highest BCUT2D eigenvalue weighted by Crippen LogP contribution is 2.09. The molecule has 0 aromatic carbocycles. The maximum atomic E-state index is 5.51. The number of unbranched alkanes of at least 4 members (excludes halogenated alkanes) is 5. The van der Waals surface area contributed by atoms with Crippen LogP contribution >= 0.6 is 0 Å². The van der Waals surface area contributed by atoms with E-state index in [0.717, 1.165) is 19.6 Å². The molecular weight excluding hydrogens is 224 g/mol. The van der Waals surface area contributed by atoms with Gasteiger partial charge in [-0.3, -0.25) is 0 Å². The van der Waals surface area contributed by atoms with E-state index in [1.54, 1.807) is 0 Å². The summed E-state index contributed by atoms with van der Waals surface area (Å²) in [7, 11) is 0. The Kier molecular flexibility index (Phi) is 14.4. The molecule has 108 valence electrons. The van der Waals surface area contributed by atoms with Crippen molar-refractivity contribution in [1.82, 2.24) is 0 Å². The molecule has 0 atom stereocenters. The third-order valence-corrected chi connectivity index (χ3v) is 2.91. The fourth-order valence-electron chi connectivity index (χ4n) is 1.91. The maximum Gasteiger partial charge on any atom is 0.157 e. The van der Waals surface area contributed by atoms with Crippen molar-refractivity contribution < 1.29 is 9.47 Å². The van der Waals surface area contributed by atoms with Crippen molar-refractivity contribution in [3.05, 3.63) is 12.2 Å². The van der Waals surface area contributed by atoms with Gasteiger partial charge in [0.1, 0.15) is 0 Å².